The highest BCUT2D eigenvalue weighted by atomic mass is 32.1. The molecule has 1 N–H and O–H groups in total. The number of rotatable bonds is 1. The molecule has 4 nitrogen and oxygen atoms in total. The van der Waals surface area contributed by atoms with Gasteiger partial charge < -0.3 is 4.98 Å². The van der Waals surface area contributed by atoms with Crippen LogP contribution in [0.1, 0.15) is 0 Å². The van der Waals surface area contributed by atoms with E-state index in [1.807, 2.05) is 17.5 Å². The van der Waals surface area contributed by atoms with E-state index in [2.05, 4.69) is 15.0 Å². The van der Waals surface area contributed by atoms with E-state index in [-0.39, 0.29) is 5.56 Å². The first-order valence-corrected chi connectivity index (χ1v) is 5.59. The molecule has 0 aliphatic rings. The van der Waals surface area contributed by atoms with Gasteiger partial charge in [0, 0.05) is 28.9 Å². The molecule has 0 fully saturated rings. The Morgan fingerprint density at radius 2 is 2.31 bits per heavy atom. The van der Waals surface area contributed by atoms with Gasteiger partial charge in [-0.25, -0.2) is 4.98 Å². The number of thiophene rings is 1. The zero-order valence-electron chi connectivity index (χ0n) is 8.18. The summed E-state index contributed by atoms with van der Waals surface area (Å²) in [5.41, 5.74) is 2.58. The molecule has 0 bridgehead atoms. The lowest BCUT2D eigenvalue weighted by Crippen LogP contribution is -2.03. The van der Waals surface area contributed by atoms with Crippen LogP contribution in [-0.4, -0.2) is 15.0 Å². The Balaban J connectivity index is 2.34. The van der Waals surface area contributed by atoms with Crippen LogP contribution in [0, 0.1) is 0 Å². The molecule has 0 amide bonds. The number of aromatic amines is 1. The third kappa shape index (κ3) is 1.33. The van der Waals surface area contributed by atoms with E-state index in [1.54, 1.807) is 12.4 Å². The van der Waals surface area contributed by atoms with E-state index in [0.29, 0.717) is 4.70 Å². The number of H-pyrrole nitrogens is 1. The predicted octanol–water partition coefficient (Wildman–Crippen LogP) is 2.05. The van der Waals surface area contributed by atoms with E-state index < -0.39 is 0 Å². The van der Waals surface area contributed by atoms with Gasteiger partial charge in [0.2, 0.25) is 0 Å². The van der Waals surface area contributed by atoms with Crippen LogP contribution in [0.25, 0.3) is 21.3 Å². The second-order valence-corrected chi connectivity index (χ2v) is 4.18. The van der Waals surface area contributed by atoms with Crippen LogP contribution in [0.5, 0.6) is 0 Å². The second kappa shape index (κ2) is 3.53. The molecule has 0 aliphatic heterocycles. The molecule has 0 unspecified atom stereocenters. The predicted molar refractivity (Wildman–Crippen MR) is 63.5 cm³/mol. The van der Waals surface area contributed by atoms with Gasteiger partial charge >= 0.3 is 0 Å². The number of nitrogens with zero attached hydrogens (tertiary/aromatic N) is 2. The Kier molecular flexibility index (Phi) is 2.04. The molecule has 0 atom stereocenters. The Bertz CT molecular complexity index is 687. The largest absolute Gasteiger partial charge is 0.312 e. The first-order valence-electron chi connectivity index (χ1n) is 4.71. The highest BCUT2D eigenvalue weighted by Crippen LogP contribution is 2.29. The first kappa shape index (κ1) is 9.23. The van der Waals surface area contributed by atoms with Crippen LogP contribution in [0.15, 0.2) is 41.0 Å². The lowest BCUT2D eigenvalue weighted by atomic mass is 10.1. The fourth-order valence-corrected chi connectivity index (χ4v) is 2.51. The SMILES string of the molecule is O=c1[nH]cnc2c(-c3cccnc3)csc12. The van der Waals surface area contributed by atoms with Gasteiger partial charge in [-0.1, -0.05) is 6.07 Å². The molecule has 3 aromatic rings. The Labute approximate surface area is 94.6 Å². The van der Waals surface area contributed by atoms with Crippen LogP contribution >= 0.6 is 11.3 Å². The Morgan fingerprint density at radius 1 is 1.38 bits per heavy atom. The summed E-state index contributed by atoms with van der Waals surface area (Å²) in [4.78, 5) is 22.4. The molecular weight excluding hydrogens is 222 g/mol. The maximum atomic E-state index is 11.5. The van der Waals surface area contributed by atoms with Crippen molar-refractivity contribution in [2.75, 3.05) is 0 Å². The number of aromatic nitrogens is 3. The van der Waals surface area contributed by atoms with Crippen molar-refractivity contribution in [3.05, 3.63) is 46.6 Å². The lowest BCUT2D eigenvalue weighted by Gasteiger charge is -1.96. The fraction of sp³-hybridized carbons (Fsp3) is 0. The molecule has 0 aromatic carbocycles. The monoisotopic (exact) mass is 229 g/mol. The van der Waals surface area contributed by atoms with E-state index in [0.717, 1.165) is 16.6 Å². The molecule has 3 rings (SSSR count). The molecule has 3 heterocycles. The Morgan fingerprint density at radius 3 is 3.12 bits per heavy atom. The van der Waals surface area contributed by atoms with Crippen molar-refractivity contribution in [2.24, 2.45) is 0 Å². The standard InChI is InChI=1S/C11H7N3OS/c15-11-10-9(13-6-14-11)8(5-16-10)7-2-1-3-12-4-7/h1-6H,(H,13,14,15). The van der Waals surface area contributed by atoms with Crippen molar-refractivity contribution in [1.82, 2.24) is 15.0 Å². The van der Waals surface area contributed by atoms with Crippen LogP contribution in [0.3, 0.4) is 0 Å². The molecule has 0 spiro atoms. The zero-order chi connectivity index (χ0) is 11.0. The van der Waals surface area contributed by atoms with Crippen molar-refractivity contribution < 1.29 is 0 Å². The molecule has 5 heteroatoms. The highest BCUT2D eigenvalue weighted by Gasteiger charge is 2.09. The summed E-state index contributed by atoms with van der Waals surface area (Å²) >= 11 is 1.40. The van der Waals surface area contributed by atoms with Crippen molar-refractivity contribution in [2.45, 2.75) is 0 Å². The second-order valence-electron chi connectivity index (χ2n) is 3.30. The van der Waals surface area contributed by atoms with Crippen molar-refractivity contribution in [3.63, 3.8) is 0 Å². The minimum Gasteiger partial charge on any atom is -0.312 e. The summed E-state index contributed by atoms with van der Waals surface area (Å²) < 4.78 is 0.654. The lowest BCUT2D eigenvalue weighted by molar-refractivity contribution is 1.18. The summed E-state index contributed by atoms with van der Waals surface area (Å²) in [5.74, 6) is 0. The van der Waals surface area contributed by atoms with Crippen molar-refractivity contribution >= 4 is 21.6 Å². The van der Waals surface area contributed by atoms with E-state index in [4.69, 9.17) is 0 Å². The molecule has 78 valence electrons. The fourth-order valence-electron chi connectivity index (χ4n) is 1.59. The van der Waals surface area contributed by atoms with Crippen molar-refractivity contribution in [1.29, 1.82) is 0 Å². The first-order chi connectivity index (χ1) is 7.86. The summed E-state index contributed by atoms with van der Waals surface area (Å²) in [6, 6.07) is 3.82. The van der Waals surface area contributed by atoms with Crippen LogP contribution in [0.2, 0.25) is 0 Å². The van der Waals surface area contributed by atoms with Gasteiger partial charge in [-0.3, -0.25) is 9.78 Å². The van der Waals surface area contributed by atoms with E-state index >= 15 is 0 Å². The smallest absolute Gasteiger partial charge is 0.268 e. The maximum absolute atomic E-state index is 11.5. The molecule has 16 heavy (non-hydrogen) atoms. The van der Waals surface area contributed by atoms with Gasteiger partial charge in [0.25, 0.3) is 5.56 Å². The zero-order valence-corrected chi connectivity index (χ0v) is 8.99. The topological polar surface area (TPSA) is 58.6 Å². The minimum absolute atomic E-state index is 0.0925. The number of hydrogen-bond donors (Lipinski definition) is 1. The van der Waals surface area contributed by atoms with Gasteiger partial charge in [-0.05, 0) is 6.07 Å². The van der Waals surface area contributed by atoms with Gasteiger partial charge in [-0.2, -0.15) is 0 Å². The summed E-state index contributed by atoms with van der Waals surface area (Å²) in [6.07, 6.45) is 4.92. The van der Waals surface area contributed by atoms with Gasteiger partial charge in [0.1, 0.15) is 4.70 Å². The minimum atomic E-state index is -0.0925. The summed E-state index contributed by atoms with van der Waals surface area (Å²) in [6.45, 7) is 0. The average molecular weight is 229 g/mol. The maximum Gasteiger partial charge on any atom is 0.268 e. The Hall–Kier alpha value is -2.01. The number of nitrogens with one attached hydrogen (secondary N) is 1. The molecule has 0 radical (unpaired) electrons. The number of pyridine rings is 1. The van der Waals surface area contributed by atoms with E-state index in [9.17, 15) is 4.79 Å². The molecule has 0 saturated heterocycles. The van der Waals surface area contributed by atoms with Gasteiger partial charge in [-0.15, -0.1) is 11.3 Å². The molecule has 3 aromatic heterocycles. The summed E-state index contributed by atoms with van der Waals surface area (Å²) in [5, 5.41) is 1.93. The van der Waals surface area contributed by atoms with Crippen LogP contribution in [-0.2, 0) is 0 Å². The third-order valence-corrected chi connectivity index (χ3v) is 3.30. The number of fused-ring (bicyclic) bond motifs is 1. The molecular formula is C11H7N3OS. The molecule has 0 aliphatic carbocycles. The van der Waals surface area contributed by atoms with E-state index in [1.165, 1.54) is 17.7 Å². The average Bonchev–Trinajstić information content (AvgIpc) is 2.75. The molecule has 0 saturated carbocycles. The van der Waals surface area contributed by atoms with Gasteiger partial charge in [0.05, 0.1) is 11.8 Å². The van der Waals surface area contributed by atoms with Crippen LogP contribution in [0.4, 0.5) is 0 Å². The summed E-state index contributed by atoms with van der Waals surface area (Å²) in [7, 11) is 0. The third-order valence-electron chi connectivity index (χ3n) is 2.33. The number of hydrogen-bond acceptors (Lipinski definition) is 4. The normalized spacial score (nSPS) is 10.8. The highest BCUT2D eigenvalue weighted by molar-refractivity contribution is 7.17. The van der Waals surface area contributed by atoms with Crippen LogP contribution < -0.4 is 5.56 Å². The van der Waals surface area contributed by atoms with Crippen molar-refractivity contribution in [3.8, 4) is 11.1 Å². The van der Waals surface area contributed by atoms with Gasteiger partial charge in [0.15, 0.2) is 0 Å². The quantitative estimate of drug-likeness (QED) is 0.694.